The van der Waals surface area contributed by atoms with Crippen molar-refractivity contribution in [2.24, 2.45) is 5.73 Å². The van der Waals surface area contributed by atoms with Crippen LogP contribution in [0.3, 0.4) is 0 Å². The minimum absolute atomic E-state index is 0.159. The predicted octanol–water partition coefficient (Wildman–Crippen LogP) is 1.34. The molecule has 1 saturated heterocycles. The minimum atomic E-state index is 0.159. The molecule has 1 aliphatic rings. The number of rotatable bonds is 2. The molecule has 0 aliphatic carbocycles. The molecule has 0 amide bonds. The highest BCUT2D eigenvalue weighted by molar-refractivity contribution is 7.80. The molecule has 0 saturated carbocycles. The molecule has 0 bridgehead atoms. The Morgan fingerprint density at radius 3 is 2.37 bits per heavy atom. The maximum absolute atomic E-state index is 5.87. The van der Waals surface area contributed by atoms with Crippen LogP contribution in [0.4, 0.5) is 5.82 Å². The smallest absolute Gasteiger partial charge is 0.162 e. The maximum atomic E-state index is 5.87. The van der Waals surface area contributed by atoms with E-state index in [1.165, 1.54) is 0 Å². The zero-order valence-corrected chi connectivity index (χ0v) is 12.6. The van der Waals surface area contributed by atoms with E-state index in [1.807, 2.05) is 13.8 Å². The minimum Gasteiger partial charge on any atom is -0.389 e. The monoisotopic (exact) mass is 280 g/mol. The number of aromatic nitrogens is 2. The number of thiocarbonyl (C=S) groups is 1. The Morgan fingerprint density at radius 1 is 1.26 bits per heavy atom. The zero-order chi connectivity index (χ0) is 14.2. The number of hydrogen-bond acceptors (Lipinski definition) is 5. The number of nitrogens with zero attached hydrogens (tertiary/aromatic N) is 3. The van der Waals surface area contributed by atoms with Gasteiger partial charge in [-0.3, -0.25) is 0 Å². The molecule has 0 aromatic carbocycles. The van der Waals surface area contributed by atoms with Crippen molar-refractivity contribution >= 4 is 23.0 Å². The van der Waals surface area contributed by atoms with Crippen LogP contribution in [0, 0.1) is 13.8 Å². The molecule has 0 spiro atoms. The third kappa shape index (κ3) is 2.84. The first-order valence-electron chi connectivity index (χ1n) is 6.44. The summed E-state index contributed by atoms with van der Waals surface area (Å²) in [5.74, 6) is 0.776. The van der Waals surface area contributed by atoms with E-state index in [4.69, 9.17) is 22.7 Å². The number of ether oxygens (including phenoxy) is 1. The summed E-state index contributed by atoms with van der Waals surface area (Å²) < 4.78 is 5.74. The van der Waals surface area contributed by atoms with Crippen molar-refractivity contribution in [3.8, 4) is 0 Å². The highest BCUT2D eigenvalue weighted by atomic mass is 32.1. The molecule has 1 aromatic heterocycles. The largest absolute Gasteiger partial charge is 0.389 e. The van der Waals surface area contributed by atoms with E-state index in [0.29, 0.717) is 4.99 Å². The van der Waals surface area contributed by atoms with E-state index < -0.39 is 0 Å². The van der Waals surface area contributed by atoms with Gasteiger partial charge in [-0.1, -0.05) is 12.2 Å². The van der Waals surface area contributed by atoms with Crippen LogP contribution in [0.25, 0.3) is 0 Å². The van der Waals surface area contributed by atoms with Gasteiger partial charge in [0, 0.05) is 13.1 Å². The van der Waals surface area contributed by atoms with Crippen LogP contribution in [0.1, 0.15) is 30.7 Å². The van der Waals surface area contributed by atoms with E-state index in [-0.39, 0.29) is 12.2 Å². The molecule has 2 N–H and O–H groups in total. The van der Waals surface area contributed by atoms with Crippen molar-refractivity contribution in [1.82, 2.24) is 10.2 Å². The first-order valence-corrected chi connectivity index (χ1v) is 6.85. The Hall–Kier alpha value is -1.27. The average Bonchev–Trinajstić information content (AvgIpc) is 2.30. The van der Waals surface area contributed by atoms with Gasteiger partial charge in [0.2, 0.25) is 0 Å². The normalized spacial score (nSPS) is 23.5. The fourth-order valence-corrected chi connectivity index (χ4v) is 2.71. The van der Waals surface area contributed by atoms with Gasteiger partial charge in [-0.05, 0) is 33.3 Å². The zero-order valence-electron chi connectivity index (χ0n) is 11.8. The molecule has 2 rings (SSSR count). The summed E-state index contributed by atoms with van der Waals surface area (Å²) in [5.41, 5.74) is 8.57. The number of anilines is 1. The van der Waals surface area contributed by atoms with E-state index >= 15 is 0 Å². The molecule has 104 valence electrons. The average molecular weight is 280 g/mol. The number of morpholine rings is 1. The lowest BCUT2D eigenvalue weighted by atomic mass is 10.1. The SMILES string of the molecule is Cc1nnc(N2CC(C)OC(C)C2)c(C(N)=S)c1C. The third-order valence-corrected chi connectivity index (χ3v) is 3.61. The van der Waals surface area contributed by atoms with Crippen LogP contribution >= 0.6 is 12.2 Å². The van der Waals surface area contributed by atoms with Gasteiger partial charge < -0.3 is 15.4 Å². The lowest BCUT2D eigenvalue weighted by molar-refractivity contribution is -0.00551. The summed E-state index contributed by atoms with van der Waals surface area (Å²) in [6.07, 6.45) is 0.317. The fourth-order valence-electron chi connectivity index (χ4n) is 2.46. The molecule has 1 aromatic rings. The molecule has 5 nitrogen and oxygen atoms in total. The third-order valence-electron chi connectivity index (χ3n) is 3.40. The lowest BCUT2D eigenvalue weighted by Crippen LogP contribution is -2.46. The Labute approximate surface area is 119 Å². The second-order valence-electron chi connectivity index (χ2n) is 5.14. The Kier molecular flexibility index (Phi) is 4.01. The summed E-state index contributed by atoms with van der Waals surface area (Å²) in [6.45, 7) is 9.55. The number of hydrogen-bond donors (Lipinski definition) is 1. The molecule has 6 heteroatoms. The van der Waals surface area contributed by atoms with Crippen molar-refractivity contribution in [2.45, 2.75) is 39.9 Å². The molecular formula is C13H20N4OS. The molecule has 2 atom stereocenters. The molecule has 0 radical (unpaired) electrons. The van der Waals surface area contributed by atoms with Crippen molar-refractivity contribution < 1.29 is 4.74 Å². The van der Waals surface area contributed by atoms with Crippen LogP contribution in [0.15, 0.2) is 0 Å². The molecule has 1 fully saturated rings. The number of aryl methyl sites for hydroxylation is 1. The fraction of sp³-hybridized carbons (Fsp3) is 0.615. The van der Waals surface area contributed by atoms with Crippen molar-refractivity contribution in [3.05, 3.63) is 16.8 Å². The molecular weight excluding hydrogens is 260 g/mol. The second kappa shape index (κ2) is 5.38. The highest BCUT2D eigenvalue weighted by Crippen LogP contribution is 2.25. The van der Waals surface area contributed by atoms with E-state index in [0.717, 1.165) is 35.7 Å². The summed E-state index contributed by atoms with van der Waals surface area (Å²) >= 11 is 5.18. The Bertz CT molecular complexity index is 496. The van der Waals surface area contributed by atoms with Gasteiger partial charge in [0.15, 0.2) is 5.82 Å². The van der Waals surface area contributed by atoms with Crippen molar-refractivity contribution in [3.63, 3.8) is 0 Å². The Morgan fingerprint density at radius 2 is 1.84 bits per heavy atom. The topological polar surface area (TPSA) is 64.3 Å². The predicted molar refractivity (Wildman–Crippen MR) is 79.6 cm³/mol. The number of nitrogens with two attached hydrogens (primary N) is 1. The molecule has 2 unspecified atom stereocenters. The summed E-state index contributed by atoms with van der Waals surface area (Å²) in [5, 5.41) is 8.51. The van der Waals surface area contributed by atoms with E-state index in [9.17, 15) is 0 Å². The lowest BCUT2D eigenvalue weighted by Gasteiger charge is -2.36. The Balaban J connectivity index is 2.44. The van der Waals surface area contributed by atoms with Gasteiger partial charge in [-0.15, -0.1) is 5.10 Å². The van der Waals surface area contributed by atoms with Gasteiger partial charge in [-0.2, -0.15) is 5.10 Å². The summed E-state index contributed by atoms with van der Waals surface area (Å²) in [4.78, 5) is 2.53. The first-order chi connectivity index (χ1) is 8.90. The standard InChI is InChI=1S/C13H20N4OS/c1-7-5-17(6-8(2)18-7)13-11(12(14)19)9(3)10(4)15-16-13/h7-8H,5-6H2,1-4H3,(H2,14,19). The van der Waals surface area contributed by atoms with Crippen LogP contribution in [0.2, 0.25) is 0 Å². The van der Waals surface area contributed by atoms with Crippen LogP contribution in [0.5, 0.6) is 0 Å². The van der Waals surface area contributed by atoms with Crippen LogP contribution in [-0.4, -0.2) is 40.5 Å². The van der Waals surface area contributed by atoms with Gasteiger partial charge in [0.25, 0.3) is 0 Å². The van der Waals surface area contributed by atoms with Gasteiger partial charge in [0.1, 0.15) is 4.99 Å². The van der Waals surface area contributed by atoms with E-state index in [2.05, 4.69) is 28.9 Å². The maximum Gasteiger partial charge on any atom is 0.162 e. The van der Waals surface area contributed by atoms with Crippen molar-refractivity contribution in [1.29, 1.82) is 0 Å². The first kappa shape index (κ1) is 14.1. The quantitative estimate of drug-likeness (QED) is 0.825. The van der Waals surface area contributed by atoms with E-state index in [1.54, 1.807) is 0 Å². The second-order valence-corrected chi connectivity index (χ2v) is 5.58. The molecule has 19 heavy (non-hydrogen) atoms. The van der Waals surface area contributed by atoms with Gasteiger partial charge >= 0.3 is 0 Å². The van der Waals surface area contributed by atoms with Crippen LogP contribution in [-0.2, 0) is 4.74 Å². The highest BCUT2D eigenvalue weighted by Gasteiger charge is 2.27. The van der Waals surface area contributed by atoms with Crippen molar-refractivity contribution in [2.75, 3.05) is 18.0 Å². The summed E-state index contributed by atoms with van der Waals surface area (Å²) in [6, 6.07) is 0. The van der Waals surface area contributed by atoms with Gasteiger partial charge in [0.05, 0.1) is 23.5 Å². The van der Waals surface area contributed by atoms with Crippen LogP contribution < -0.4 is 10.6 Å². The molecule has 1 aliphatic heterocycles. The molecule has 2 heterocycles. The summed E-state index contributed by atoms with van der Waals surface area (Å²) in [7, 11) is 0. The van der Waals surface area contributed by atoms with Gasteiger partial charge in [-0.25, -0.2) is 0 Å².